The molecule has 0 heterocycles. The van der Waals surface area contributed by atoms with Gasteiger partial charge in [0.2, 0.25) is 5.75 Å². The Balaban J connectivity index is 2.33. The van der Waals surface area contributed by atoms with Crippen molar-refractivity contribution < 1.29 is 38.6 Å². The maximum absolute atomic E-state index is 11.3. The first-order valence-electron chi connectivity index (χ1n) is 8.73. The van der Waals surface area contributed by atoms with E-state index in [0.29, 0.717) is 39.5 Å². The van der Waals surface area contributed by atoms with Crippen molar-refractivity contribution in [1.82, 2.24) is 0 Å². The highest BCUT2D eigenvalue weighted by Gasteiger charge is 2.45. The predicted octanol–water partition coefficient (Wildman–Crippen LogP) is 1.66. The fourth-order valence-corrected chi connectivity index (χ4v) is 4.01. The van der Waals surface area contributed by atoms with Crippen molar-refractivity contribution in [2.45, 2.75) is 24.4 Å². The van der Waals surface area contributed by atoms with Gasteiger partial charge in [0, 0.05) is 25.4 Å². The molecule has 1 aromatic rings. The van der Waals surface area contributed by atoms with Crippen LogP contribution in [0.3, 0.4) is 0 Å². The minimum atomic E-state index is -1.13. The molecule has 0 amide bonds. The van der Waals surface area contributed by atoms with E-state index in [1.165, 1.54) is 35.5 Å². The molecule has 0 radical (unpaired) electrons. The number of fused-ring (bicyclic) bond motifs is 2. The van der Waals surface area contributed by atoms with Crippen LogP contribution in [0.25, 0.3) is 0 Å². The van der Waals surface area contributed by atoms with E-state index in [9.17, 15) is 10.2 Å². The third-order valence-corrected chi connectivity index (χ3v) is 5.26. The molecular weight excluding hydrogens is 368 g/mol. The van der Waals surface area contributed by atoms with Gasteiger partial charge in [-0.3, -0.25) is 0 Å². The summed E-state index contributed by atoms with van der Waals surface area (Å²) in [6.07, 6.45) is -1.49. The number of rotatable bonds is 6. The monoisotopic (exact) mass is 394 g/mol. The first-order valence-corrected chi connectivity index (χ1v) is 8.73. The van der Waals surface area contributed by atoms with Crippen LogP contribution in [0.5, 0.6) is 17.2 Å². The van der Waals surface area contributed by atoms with Crippen molar-refractivity contribution in [2.24, 2.45) is 0 Å². The van der Waals surface area contributed by atoms with Crippen LogP contribution in [0.2, 0.25) is 0 Å². The molecule has 4 atom stereocenters. The number of aliphatic hydroxyl groups excluding tert-OH is 2. The van der Waals surface area contributed by atoms with Gasteiger partial charge in [-0.15, -0.1) is 0 Å². The van der Waals surface area contributed by atoms with Gasteiger partial charge in [0.1, 0.15) is 30.2 Å². The molecule has 0 aliphatic heterocycles. The predicted molar refractivity (Wildman–Crippen MR) is 99.7 cm³/mol. The second-order valence-corrected chi connectivity index (χ2v) is 6.41. The van der Waals surface area contributed by atoms with E-state index in [4.69, 9.17) is 28.4 Å². The fourth-order valence-electron chi connectivity index (χ4n) is 4.01. The molecule has 0 saturated heterocycles. The standard InChI is InChI=1S/C20H26O8/c1-23-11-7-9-13(19(27-5)17(11)25-3)16(22)14-10(15(9)21)8-12(24-2)18(26-4)20(14)28-6/h7-8,11,15-17,21-22H,1-6H3. The van der Waals surface area contributed by atoms with Crippen LogP contribution in [0.4, 0.5) is 0 Å². The summed E-state index contributed by atoms with van der Waals surface area (Å²) >= 11 is 0. The molecule has 0 bridgehead atoms. The molecule has 0 saturated carbocycles. The molecule has 8 heteroatoms. The molecule has 0 spiro atoms. The molecule has 0 fully saturated rings. The maximum atomic E-state index is 11.3. The topological polar surface area (TPSA) is 95.8 Å². The van der Waals surface area contributed by atoms with Gasteiger partial charge in [0.05, 0.1) is 28.4 Å². The van der Waals surface area contributed by atoms with Gasteiger partial charge in [-0.1, -0.05) is 0 Å². The lowest BCUT2D eigenvalue weighted by Gasteiger charge is -2.39. The van der Waals surface area contributed by atoms with Crippen molar-refractivity contribution in [2.75, 3.05) is 42.7 Å². The van der Waals surface area contributed by atoms with Crippen LogP contribution in [-0.4, -0.2) is 65.1 Å². The number of hydrogen-bond donors (Lipinski definition) is 2. The van der Waals surface area contributed by atoms with E-state index >= 15 is 0 Å². The lowest BCUT2D eigenvalue weighted by atomic mass is 9.75. The number of aliphatic hydroxyl groups is 2. The molecule has 2 N–H and O–H groups in total. The van der Waals surface area contributed by atoms with Gasteiger partial charge in [-0.25, -0.2) is 0 Å². The van der Waals surface area contributed by atoms with E-state index in [1.54, 1.807) is 19.3 Å². The van der Waals surface area contributed by atoms with Crippen molar-refractivity contribution in [3.05, 3.63) is 40.2 Å². The summed E-state index contributed by atoms with van der Waals surface area (Å²) in [5, 5.41) is 22.4. The van der Waals surface area contributed by atoms with Crippen LogP contribution in [0.15, 0.2) is 29.0 Å². The molecule has 2 aliphatic rings. The number of hydrogen-bond acceptors (Lipinski definition) is 8. The third-order valence-electron chi connectivity index (χ3n) is 5.26. The van der Waals surface area contributed by atoms with E-state index < -0.39 is 24.4 Å². The van der Waals surface area contributed by atoms with Gasteiger partial charge < -0.3 is 38.6 Å². The van der Waals surface area contributed by atoms with Crippen LogP contribution in [-0.2, 0) is 14.2 Å². The molecule has 154 valence electrons. The molecule has 0 aromatic heterocycles. The Morgan fingerprint density at radius 3 is 1.96 bits per heavy atom. The zero-order valence-electron chi connectivity index (χ0n) is 16.8. The summed E-state index contributed by atoms with van der Waals surface area (Å²) in [5.74, 6) is 1.39. The second kappa shape index (κ2) is 8.00. The van der Waals surface area contributed by atoms with Crippen LogP contribution in [0, 0.1) is 0 Å². The first kappa shape index (κ1) is 20.5. The van der Waals surface area contributed by atoms with Gasteiger partial charge >= 0.3 is 0 Å². The van der Waals surface area contributed by atoms with Crippen molar-refractivity contribution in [3.8, 4) is 17.2 Å². The molecule has 3 rings (SSSR count). The molecule has 2 aliphatic carbocycles. The molecule has 4 unspecified atom stereocenters. The van der Waals surface area contributed by atoms with E-state index in [0.717, 1.165) is 0 Å². The Morgan fingerprint density at radius 1 is 0.786 bits per heavy atom. The summed E-state index contributed by atoms with van der Waals surface area (Å²) in [6.45, 7) is 0. The van der Waals surface area contributed by atoms with Crippen LogP contribution in [0.1, 0.15) is 23.3 Å². The van der Waals surface area contributed by atoms with Crippen LogP contribution >= 0.6 is 0 Å². The Kier molecular flexibility index (Phi) is 5.85. The highest BCUT2D eigenvalue weighted by molar-refractivity contribution is 5.67. The minimum absolute atomic E-state index is 0.285. The molecule has 1 aromatic carbocycles. The summed E-state index contributed by atoms with van der Waals surface area (Å²) in [7, 11) is 9.01. The highest BCUT2D eigenvalue weighted by Crippen LogP contribution is 2.55. The van der Waals surface area contributed by atoms with E-state index in [2.05, 4.69) is 0 Å². The Bertz CT molecular complexity index is 813. The van der Waals surface area contributed by atoms with Crippen LogP contribution < -0.4 is 14.2 Å². The van der Waals surface area contributed by atoms with Gasteiger partial charge in [-0.05, 0) is 23.3 Å². The molecule has 8 nitrogen and oxygen atoms in total. The normalized spacial score (nSPS) is 26.2. The average molecular weight is 394 g/mol. The largest absolute Gasteiger partial charge is 0.498 e. The van der Waals surface area contributed by atoms with Crippen molar-refractivity contribution >= 4 is 0 Å². The van der Waals surface area contributed by atoms with Gasteiger partial charge in [0.25, 0.3) is 0 Å². The highest BCUT2D eigenvalue weighted by atomic mass is 16.6. The maximum Gasteiger partial charge on any atom is 0.203 e. The zero-order chi connectivity index (χ0) is 20.6. The SMILES string of the molecule is COC1=C2C(=CC(OC)C1OC)C(O)c1cc(OC)c(OC)c(OC)c1C2O. The summed E-state index contributed by atoms with van der Waals surface area (Å²) < 4.78 is 32.9. The van der Waals surface area contributed by atoms with E-state index in [1.807, 2.05) is 0 Å². The minimum Gasteiger partial charge on any atom is -0.498 e. The number of methoxy groups -OCH3 is 6. The van der Waals surface area contributed by atoms with Crippen molar-refractivity contribution in [1.29, 1.82) is 0 Å². The summed E-state index contributed by atoms with van der Waals surface area (Å²) in [5.41, 5.74) is 1.76. The smallest absolute Gasteiger partial charge is 0.203 e. The molecule has 28 heavy (non-hydrogen) atoms. The quantitative estimate of drug-likeness (QED) is 0.752. The number of ether oxygens (including phenoxy) is 6. The van der Waals surface area contributed by atoms with Crippen molar-refractivity contribution in [3.63, 3.8) is 0 Å². The molecular formula is C20H26O8. The first-order chi connectivity index (χ1) is 13.5. The second-order valence-electron chi connectivity index (χ2n) is 6.41. The lowest BCUT2D eigenvalue weighted by molar-refractivity contribution is -0.0244. The van der Waals surface area contributed by atoms with Gasteiger partial charge in [0.15, 0.2) is 11.5 Å². The Labute approximate surface area is 163 Å². The average Bonchev–Trinajstić information content (AvgIpc) is 2.73. The fraction of sp³-hybridized carbons (Fsp3) is 0.500. The van der Waals surface area contributed by atoms with E-state index in [-0.39, 0.29) is 5.75 Å². The Hall–Kier alpha value is -2.26. The van der Waals surface area contributed by atoms with Gasteiger partial charge in [-0.2, -0.15) is 0 Å². The summed E-state index contributed by atoms with van der Waals surface area (Å²) in [6, 6.07) is 1.64. The Morgan fingerprint density at radius 2 is 1.46 bits per heavy atom. The summed E-state index contributed by atoms with van der Waals surface area (Å²) in [4.78, 5) is 0. The lowest BCUT2D eigenvalue weighted by Crippen LogP contribution is -2.38. The zero-order valence-corrected chi connectivity index (χ0v) is 16.8. The third kappa shape index (κ3) is 2.84. The number of benzene rings is 1.